The number of benzene rings is 1. The smallest absolute Gasteiger partial charge is 0.347 e. The van der Waals surface area contributed by atoms with E-state index in [0.717, 1.165) is 11.3 Å². The van der Waals surface area contributed by atoms with Crippen LogP contribution in [0.4, 0.5) is 0 Å². The molecule has 1 aromatic carbocycles. The van der Waals surface area contributed by atoms with Gasteiger partial charge in [0.15, 0.2) is 5.78 Å². The quantitative estimate of drug-likeness (QED) is 0.636. The van der Waals surface area contributed by atoms with Gasteiger partial charge in [-0.1, -0.05) is 0 Å². The van der Waals surface area contributed by atoms with Crippen molar-refractivity contribution in [1.82, 2.24) is 10.3 Å². The number of hydrogen-bond acceptors (Lipinski definition) is 6. The number of ketones is 1. The number of aromatic carboxylic acids is 1. The number of rotatable bonds is 9. The Morgan fingerprint density at radius 1 is 1.22 bits per heavy atom. The van der Waals surface area contributed by atoms with Crippen molar-refractivity contribution in [1.29, 1.82) is 0 Å². The van der Waals surface area contributed by atoms with Gasteiger partial charge < -0.3 is 15.2 Å². The van der Waals surface area contributed by atoms with Crippen molar-refractivity contribution in [2.24, 2.45) is 0 Å². The molecule has 0 bridgehead atoms. The number of thiazole rings is 1. The lowest BCUT2D eigenvalue weighted by Crippen LogP contribution is -2.26. The average Bonchev–Trinajstić information content (AvgIpc) is 3.04. The number of amides is 1. The molecular formula is C19H22N2O5S. The summed E-state index contributed by atoms with van der Waals surface area (Å²) in [5.41, 5.74) is 1.03. The zero-order chi connectivity index (χ0) is 20.0. The lowest BCUT2D eigenvalue weighted by Gasteiger charge is -2.11. The summed E-state index contributed by atoms with van der Waals surface area (Å²) < 4.78 is 5.06. The van der Waals surface area contributed by atoms with Crippen LogP contribution in [0.15, 0.2) is 24.3 Å². The third kappa shape index (κ3) is 5.62. The maximum atomic E-state index is 12.1. The summed E-state index contributed by atoms with van der Waals surface area (Å²) in [5.74, 6) is -0.565. The highest BCUT2D eigenvalue weighted by Crippen LogP contribution is 2.23. The summed E-state index contributed by atoms with van der Waals surface area (Å²) >= 11 is 1.06. The van der Waals surface area contributed by atoms with E-state index in [1.54, 1.807) is 45.2 Å². The van der Waals surface area contributed by atoms with Gasteiger partial charge in [-0.05, 0) is 44.5 Å². The molecule has 0 saturated carbocycles. The molecule has 1 unspecified atom stereocenters. The topological polar surface area (TPSA) is 106 Å². The van der Waals surface area contributed by atoms with Crippen LogP contribution in [0.25, 0.3) is 0 Å². The molecule has 144 valence electrons. The van der Waals surface area contributed by atoms with Gasteiger partial charge in [0.2, 0.25) is 5.91 Å². The molecule has 1 aromatic heterocycles. The largest absolute Gasteiger partial charge is 0.497 e. The monoisotopic (exact) mass is 390 g/mol. The summed E-state index contributed by atoms with van der Waals surface area (Å²) in [6.45, 7) is 3.38. The Hall–Kier alpha value is -2.74. The second kappa shape index (κ2) is 9.27. The summed E-state index contributed by atoms with van der Waals surface area (Å²) in [5, 5.41) is 12.4. The molecule has 2 N–H and O–H groups in total. The molecule has 2 aromatic rings. The van der Waals surface area contributed by atoms with Crippen molar-refractivity contribution in [2.75, 3.05) is 7.11 Å². The Morgan fingerprint density at radius 2 is 1.89 bits per heavy atom. The summed E-state index contributed by atoms with van der Waals surface area (Å²) in [4.78, 5) is 39.7. The predicted octanol–water partition coefficient (Wildman–Crippen LogP) is 3.39. The van der Waals surface area contributed by atoms with Gasteiger partial charge >= 0.3 is 5.97 Å². The molecule has 7 nitrogen and oxygen atoms in total. The zero-order valence-corrected chi connectivity index (χ0v) is 16.3. The molecule has 0 saturated heterocycles. The number of nitrogens with one attached hydrogen (secondary N) is 1. The van der Waals surface area contributed by atoms with Crippen molar-refractivity contribution in [3.63, 3.8) is 0 Å². The van der Waals surface area contributed by atoms with E-state index in [1.165, 1.54) is 0 Å². The van der Waals surface area contributed by atoms with Crippen LogP contribution in [0.5, 0.6) is 5.75 Å². The molecule has 0 aliphatic heterocycles. The number of methoxy groups -OCH3 is 1. The van der Waals surface area contributed by atoms with Crippen LogP contribution >= 0.6 is 11.3 Å². The number of carboxylic acids is 1. The van der Waals surface area contributed by atoms with Crippen LogP contribution in [0.2, 0.25) is 0 Å². The minimum absolute atomic E-state index is 0.0276. The molecule has 8 heteroatoms. The number of ether oxygens (including phenoxy) is 1. The third-order valence-corrected chi connectivity index (χ3v) is 5.30. The van der Waals surface area contributed by atoms with Crippen molar-refractivity contribution >= 4 is 29.0 Å². The molecule has 1 atom stereocenters. The van der Waals surface area contributed by atoms with E-state index in [-0.39, 0.29) is 35.5 Å². The van der Waals surface area contributed by atoms with Crippen LogP contribution in [0.1, 0.15) is 63.0 Å². The van der Waals surface area contributed by atoms with Gasteiger partial charge in [-0.3, -0.25) is 9.59 Å². The molecule has 1 amide bonds. The zero-order valence-electron chi connectivity index (χ0n) is 15.4. The minimum Gasteiger partial charge on any atom is -0.497 e. The van der Waals surface area contributed by atoms with Crippen LogP contribution < -0.4 is 10.1 Å². The Kier molecular flexibility index (Phi) is 7.06. The Bertz CT molecular complexity index is 829. The number of carbonyl (C=O) groups is 3. The van der Waals surface area contributed by atoms with E-state index in [1.807, 2.05) is 0 Å². The molecule has 1 heterocycles. The first-order valence-electron chi connectivity index (χ1n) is 8.49. The number of Topliss-reactive ketones (excluding diaryl/α,β-unsaturated/α-hetero) is 1. The van der Waals surface area contributed by atoms with Gasteiger partial charge in [-0.15, -0.1) is 11.3 Å². The van der Waals surface area contributed by atoms with E-state index in [2.05, 4.69) is 10.3 Å². The van der Waals surface area contributed by atoms with Gasteiger partial charge in [0.1, 0.15) is 15.6 Å². The second-order valence-corrected chi connectivity index (χ2v) is 7.10. The Balaban J connectivity index is 1.80. The fourth-order valence-corrected chi connectivity index (χ4v) is 3.42. The number of hydrogen-bond donors (Lipinski definition) is 2. The van der Waals surface area contributed by atoms with Crippen molar-refractivity contribution in [3.05, 3.63) is 45.4 Å². The number of aryl methyl sites for hydroxylation is 1. The van der Waals surface area contributed by atoms with Crippen LogP contribution in [0, 0.1) is 6.92 Å². The van der Waals surface area contributed by atoms with Crippen molar-refractivity contribution in [2.45, 2.75) is 39.2 Å². The van der Waals surface area contributed by atoms with E-state index in [0.29, 0.717) is 28.4 Å². The molecule has 0 aliphatic rings. The summed E-state index contributed by atoms with van der Waals surface area (Å²) in [7, 11) is 1.56. The van der Waals surface area contributed by atoms with Gasteiger partial charge in [0, 0.05) is 18.4 Å². The Labute approximate surface area is 161 Å². The molecule has 0 radical (unpaired) electrons. The van der Waals surface area contributed by atoms with Gasteiger partial charge in [-0.2, -0.15) is 0 Å². The number of nitrogens with zero attached hydrogens (tertiary/aromatic N) is 1. The predicted molar refractivity (Wildman–Crippen MR) is 102 cm³/mol. The first kappa shape index (κ1) is 20.6. The normalized spacial score (nSPS) is 11.7. The maximum Gasteiger partial charge on any atom is 0.347 e. The molecule has 0 fully saturated rings. The second-order valence-electron chi connectivity index (χ2n) is 6.07. The molecule has 27 heavy (non-hydrogen) atoms. The summed E-state index contributed by atoms with van der Waals surface area (Å²) in [6.07, 6.45) is 0.913. The highest BCUT2D eigenvalue weighted by Gasteiger charge is 2.19. The lowest BCUT2D eigenvalue weighted by molar-refractivity contribution is -0.121. The van der Waals surface area contributed by atoms with Crippen LogP contribution in [-0.4, -0.2) is 34.9 Å². The first-order chi connectivity index (χ1) is 12.8. The maximum absolute atomic E-state index is 12.1. The van der Waals surface area contributed by atoms with Gasteiger partial charge in [0.05, 0.1) is 18.8 Å². The van der Waals surface area contributed by atoms with Gasteiger partial charge in [-0.25, -0.2) is 9.78 Å². The third-order valence-electron chi connectivity index (χ3n) is 3.97. The van der Waals surface area contributed by atoms with Crippen LogP contribution in [-0.2, 0) is 4.79 Å². The fourth-order valence-electron chi connectivity index (χ4n) is 2.51. The molecular weight excluding hydrogens is 368 g/mol. The summed E-state index contributed by atoms with van der Waals surface area (Å²) in [6, 6.07) is 6.47. The fraction of sp³-hybridized carbons (Fsp3) is 0.368. The van der Waals surface area contributed by atoms with E-state index >= 15 is 0 Å². The van der Waals surface area contributed by atoms with Crippen molar-refractivity contribution < 1.29 is 24.2 Å². The number of carbonyl (C=O) groups excluding carboxylic acids is 2. The molecule has 2 rings (SSSR count). The standard InChI is InChI=1S/C19H22N2O5S/c1-11-17(19(24)25)27-18(21-11)12(2)20-16(23)6-4-5-15(22)13-7-9-14(26-3)10-8-13/h7-10,12H,4-6H2,1-3H3,(H,20,23)(H,24,25). The van der Waals surface area contributed by atoms with E-state index in [9.17, 15) is 14.4 Å². The average molecular weight is 390 g/mol. The molecule has 0 aliphatic carbocycles. The number of aromatic nitrogens is 1. The Morgan fingerprint density at radius 3 is 2.44 bits per heavy atom. The number of carboxylic acid groups (broad SMARTS) is 1. The van der Waals surface area contributed by atoms with Gasteiger partial charge in [0.25, 0.3) is 0 Å². The highest BCUT2D eigenvalue weighted by atomic mass is 32.1. The van der Waals surface area contributed by atoms with E-state index < -0.39 is 5.97 Å². The van der Waals surface area contributed by atoms with E-state index in [4.69, 9.17) is 9.84 Å². The SMILES string of the molecule is COc1ccc(C(=O)CCCC(=O)NC(C)c2nc(C)c(C(=O)O)s2)cc1. The van der Waals surface area contributed by atoms with Crippen LogP contribution in [0.3, 0.4) is 0 Å². The minimum atomic E-state index is -1.02. The first-order valence-corrected chi connectivity index (χ1v) is 9.30. The van der Waals surface area contributed by atoms with Crippen molar-refractivity contribution in [3.8, 4) is 5.75 Å². The molecule has 0 spiro atoms. The highest BCUT2D eigenvalue weighted by molar-refractivity contribution is 7.13. The lowest BCUT2D eigenvalue weighted by atomic mass is 10.1.